The van der Waals surface area contributed by atoms with Gasteiger partial charge in [-0.15, -0.1) is 11.3 Å². The van der Waals surface area contributed by atoms with E-state index >= 15 is 0 Å². The number of nitrogens with zero attached hydrogens (tertiary/aromatic N) is 1. The summed E-state index contributed by atoms with van der Waals surface area (Å²) in [5, 5.41) is 5.38. The summed E-state index contributed by atoms with van der Waals surface area (Å²) in [4.78, 5) is 0. The summed E-state index contributed by atoms with van der Waals surface area (Å²) in [6, 6.07) is 48.1. The van der Waals surface area contributed by atoms with E-state index in [0.717, 1.165) is 0 Å². The molecule has 0 bridgehead atoms. The first-order chi connectivity index (χ1) is 20.3. The maximum atomic E-state index is 2.53. The molecule has 1 aliphatic carbocycles. The Labute approximate surface area is 241 Å². The van der Waals surface area contributed by atoms with Gasteiger partial charge in [0.05, 0.1) is 22.1 Å². The van der Waals surface area contributed by atoms with Crippen LogP contribution in [0.4, 0.5) is 0 Å². The summed E-state index contributed by atoms with van der Waals surface area (Å²) in [6.45, 7) is 2.42. The van der Waals surface area contributed by atoms with E-state index in [0.29, 0.717) is 5.92 Å². The molecule has 41 heavy (non-hydrogen) atoms. The monoisotopic (exact) mass is 539 g/mol. The van der Waals surface area contributed by atoms with Crippen LogP contribution in [0.1, 0.15) is 46.2 Å². The Kier molecular flexibility index (Phi) is 4.06. The summed E-state index contributed by atoms with van der Waals surface area (Å²) in [7, 11) is 0. The van der Waals surface area contributed by atoms with Crippen molar-refractivity contribution >= 4 is 53.3 Å². The lowest BCUT2D eigenvalue weighted by atomic mass is 9.56. The lowest BCUT2D eigenvalue weighted by Gasteiger charge is -2.47. The Morgan fingerprint density at radius 1 is 0.561 bits per heavy atom. The number of aromatic nitrogens is 1. The highest BCUT2D eigenvalue weighted by Crippen LogP contribution is 2.60. The summed E-state index contributed by atoms with van der Waals surface area (Å²) in [5.74, 6) is 0.294. The topological polar surface area (TPSA) is 4.93 Å². The SMILES string of the molecule is C[C@H]1c2ccccc2C2(c3ccccc3-n3c4ccccc4c4cccc2c43)c2ccc3c(sc4ccccc43)c21. The summed E-state index contributed by atoms with van der Waals surface area (Å²) in [5.41, 5.74) is 12.0. The van der Waals surface area contributed by atoms with Gasteiger partial charge in [0, 0.05) is 36.9 Å². The first kappa shape index (κ1) is 22.1. The standard InChI is InChI=1S/C39H25NS/c1-23-24-11-2-5-15-29(24)39(31-22-21-28-26-13-4-9-20-35(26)41-38(28)36(23)31)30-16-6-8-19-34(30)40-33-18-7-3-12-25(33)27-14-10-17-32(39)37(27)40/h2-23H,1H3/t23-,39?/m0/s1. The van der Waals surface area contributed by atoms with E-state index in [1.54, 1.807) is 0 Å². The minimum atomic E-state index is -0.413. The van der Waals surface area contributed by atoms with Crippen molar-refractivity contribution in [2.24, 2.45) is 0 Å². The van der Waals surface area contributed by atoms with Crippen molar-refractivity contribution in [3.8, 4) is 5.69 Å². The van der Waals surface area contributed by atoms with Gasteiger partial charge >= 0.3 is 0 Å². The molecule has 0 saturated heterocycles. The zero-order valence-corrected chi connectivity index (χ0v) is 23.4. The van der Waals surface area contributed by atoms with Crippen LogP contribution < -0.4 is 0 Å². The Morgan fingerprint density at radius 3 is 2.20 bits per heavy atom. The predicted octanol–water partition coefficient (Wildman–Crippen LogP) is 10.3. The van der Waals surface area contributed by atoms with Crippen molar-refractivity contribution in [1.29, 1.82) is 0 Å². The van der Waals surface area contributed by atoms with E-state index in [2.05, 4.69) is 139 Å². The second-order valence-corrected chi connectivity index (χ2v) is 12.7. The number of rotatable bonds is 0. The third-order valence-electron chi connectivity index (χ3n) is 9.90. The van der Waals surface area contributed by atoms with Crippen LogP contribution in [0.2, 0.25) is 0 Å². The highest BCUT2D eigenvalue weighted by atomic mass is 32.1. The number of thiophene rings is 1. The van der Waals surface area contributed by atoms with Gasteiger partial charge < -0.3 is 4.57 Å². The van der Waals surface area contributed by atoms with Crippen molar-refractivity contribution in [3.05, 3.63) is 161 Å². The fraction of sp³-hybridized carbons (Fsp3) is 0.0769. The molecule has 1 unspecified atom stereocenters. The van der Waals surface area contributed by atoms with Crippen molar-refractivity contribution < 1.29 is 0 Å². The zero-order valence-electron chi connectivity index (χ0n) is 22.6. The van der Waals surface area contributed by atoms with E-state index in [9.17, 15) is 0 Å². The quantitative estimate of drug-likeness (QED) is 0.181. The maximum absolute atomic E-state index is 2.53. The lowest BCUT2D eigenvalue weighted by Crippen LogP contribution is -2.40. The third kappa shape index (κ3) is 2.46. The van der Waals surface area contributed by atoms with Crippen LogP contribution in [-0.4, -0.2) is 4.57 Å². The summed E-state index contributed by atoms with van der Waals surface area (Å²) < 4.78 is 5.32. The van der Waals surface area contributed by atoms with Crippen LogP contribution in [0.5, 0.6) is 0 Å². The van der Waals surface area contributed by atoms with E-state index in [1.807, 2.05) is 11.3 Å². The second-order valence-electron chi connectivity index (χ2n) is 11.6. The first-order valence-corrected chi connectivity index (χ1v) is 15.3. The highest BCUT2D eigenvalue weighted by Gasteiger charge is 2.50. The van der Waals surface area contributed by atoms with Crippen molar-refractivity contribution in [3.63, 3.8) is 0 Å². The smallest absolute Gasteiger partial charge is 0.0748 e. The molecule has 2 heteroatoms. The fourth-order valence-electron chi connectivity index (χ4n) is 8.37. The molecular formula is C39H25NS. The molecule has 2 aromatic heterocycles. The molecule has 0 saturated carbocycles. The van der Waals surface area contributed by atoms with Gasteiger partial charge in [0.25, 0.3) is 0 Å². The molecule has 1 aliphatic heterocycles. The van der Waals surface area contributed by atoms with Gasteiger partial charge in [-0.3, -0.25) is 0 Å². The number of hydrogen-bond acceptors (Lipinski definition) is 1. The Balaban J connectivity index is 1.49. The van der Waals surface area contributed by atoms with Crippen LogP contribution in [0, 0.1) is 0 Å². The van der Waals surface area contributed by atoms with E-state index < -0.39 is 5.41 Å². The molecule has 0 N–H and O–H groups in total. The van der Waals surface area contributed by atoms with E-state index in [1.165, 1.54) is 81.0 Å². The predicted molar refractivity (Wildman–Crippen MR) is 173 cm³/mol. The molecule has 3 heterocycles. The molecule has 192 valence electrons. The number of fused-ring (bicyclic) bond motifs is 15. The Hall–Kier alpha value is -4.66. The van der Waals surface area contributed by atoms with Crippen LogP contribution in [0.15, 0.2) is 127 Å². The molecule has 1 nitrogen and oxygen atoms in total. The zero-order chi connectivity index (χ0) is 26.9. The normalized spacial score (nSPS) is 18.7. The van der Waals surface area contributed by atoms with Crippen molar-refractivity contribution in [2.75, 3.05) is 0 Å². The average molecular weight is 540 g/mol. The highest BCUT2D eigenvalue weighted by molar-refractivity contribution is 7.26. The molecule has 1 spiro atoms. The molecule has 0 fully saturated rings. The third-order valence-corrected chi connectivity index (χ3v) is 11.1. The van der Waals surface area contributed by atoms with Crippen molar-refractivity contribution in [2.45, 2.75) is 18.3 Å². The molecule has 0 radical (unpaired) electrons. The molecule has 10 rings (SSSR count). The molecule has 2 atom stereocenters. The maximum Gasteiger partial charge on any atom is 0.0748 e. The van der Waals surface area contributed by atoms with Crippen LogP contribution >= 0.6 is 11.3 Å². The molecule has 8 aromatic rings. The van der Waals surface area contributed by atoms with Crippen LogP contribution in [0.3, 0.4) is 0 Å². The molecule has 0 amide bonds. The number of para-hydroxylation sites is 3. The van der Waals surface area contributed by atoms with Gasteiger partial charge in [-0.05, 0) is 51.6 Å². The van der Waals surface area contributed by atoms with Gasteiger partial charge in [-0.25, -0.2) is 0 Å². The van der Waals surface area contributed by atoms with Gasteiger partial charge in [-0.2, -0.15) is 0 Å². The second kappa shape index (κ2) is 7.54. The minimum absolute atomic E-state index is 0.294. The average Bonchev–Trinajstić information content (AvgIpc) is 3.58. The summed E-state index contributed by atoms with van der Waals surface area (Å²) in [6.07, 6.45) is 0. The minimum Gasteiger partial charge on any atom is -0.309 e. The van der Waals surface area contributed by atoms with Crippen LogP contribution in [-0.2, 0) is 5.41 Å². The Bertz CT molecular complexity index is 2400. The van der Waals surface area contributed by atoms with Gasteiger partial charge in [0.15, 0.2) is 0 Å². The van der Waals surface area contributed by atoms with Crippen molar-refractivity contribution in [1.82, 2.24) is 4.57 Å². The largest absolute Gasteiger partial charge is 0.309 e. The first-order valence-electron chi connectivity index (χ1n) is 14.4. The van der Waals surface area contributed by atoms with E-state index in [4.69, 9.17) is 0 Å². The Morgan fingerprint density at radius 2 is 1.27 bits per heavy atom. The van der Waals surface area contributed by atoms with Gasteiger partial charge in [0.2, 0.25) is 0 Å². The lowest BCUT2D eigenvalue weighted by molar-refractivity contribution is 0.666. The molecule has 2 aliphatic rings. The summed E-state index contributed by atoms with van der Waals surface area (Å²) >= 11 is 1.96. The molecule has 6 aromatic carbocycles. The van der Waals surface area contributed by atoms with Crippen LogP contribution in [0.25, 0.3) is 47.7 Å². The fourth-order valence-corrected chi connectivity index (χ4v) is 9.70. The van der Waals surface area contributed by atoms with Gasteiger partial charge in [0.1, 0.15) is 0 Å². The van der Waals surface area contributed by atoms with E-state index in [-0.39, 0.29) is 0 Å². The number of benzene rings is 6. The van der Waals surface area contributed by atoms with Gasteiger partial charge in [-0.1, -0.05) is 116 Å². The number of hydrogen-bond donors (Lipinski definition) is 0. The molecular weight excluding hydrogens is 515 g/mol.